The van der Waals surface area contributed by atoms with Gasteiger partial charge < -0.3 is 10.1 Å². The molecule has 3 amide bonds. The molecule has 2 heterocycles. The van der Waals surface area contributed by atoms with Crippen LogP contribution < -0.4 is 10.6 Å². The number of fused-ring (bicyclic) bond motifs is 1. The number of hydrogen-bond acceptors (Lipinski definition) is 6. The molecule has 8 nitrogen and oxygen atoms in total. The van der Waals surface area contributed by atoms with Crippen LogP contribution in [0.25, 0.3) is 15.9 Å². The van der Waals surface area contributed by atoms with Gasteiger partial charge in [-0.05, 0) is 45.9 Å². The number of ether oxygens (including phenoxy) is 1. The Balaban J connectivity index is 1.78. The van der Waals surface area contributed by atoms with Crippen molar-refractivity contribution in [1.29, 1.82) is 0 Å². The molecule has 1 unspecified atom stereocenters. The zero-order valence-electron chi connectivity index (χ0n) is 16.9. The van der Waals surface area contributed by atoms with Gasteiger partial charge in [0.2, 0.25) is 0 Å². The Morgan fingerprint density at radius 3 is 2.57 bits per heavy atom. The fraction of sp³-hybridized carbons (Fsp3) is 0.300. The van der Waals surface area contributed by atoms with Crippen LogP contribution in [0, 0.1) is 6.92 Å². The van der Waals surface area contributed by atoms with Gasteiger partial charge in [-0.15, -0.1) is 11.3 Å². The van der Waals surface area contributed by atoms with Crippen molar-refractivity contribution in [3.8, 4) is 5.69 Å². The first-order valence-electron chi connectivity index (χ1n) is 9.23. The maximum Gasteiger partial charge on any atom is 0.349 e. The Morgan fingerprint density at radius 1 is 1.20 bits per heavy atom. The van der Waals surface area contributed by atoms with Gasteiger partial charge in [0.15, 0.2) is 6.10 Å². The lowest BCUT2D eigenvalue weighted by Crippen LogP contribution is -2.46. The number of hydrogen-bond donors (Lipinski definition) is 2. The molecule has 158 valence electrons. The van der Waals surface area contributed by atoms with E-state index in [1.165, 1.54) is 18.3 Å². The zero-order chi connectivity index (χ0) is 22.0. The highest BCUT2D eigenvalue weighted by molar-refractivity contribution is 7.20. The molecule has 3 aromatic rings. The number of thiophene rings is 1. The number of aromatic nitrogens is 2. The summed E-state index contributed by atoms with van der Waals surface area (Å²) >= 11 is 7.48. The molecule has 1 aromatic carbocycles. The Kier molecular flexibility index (Phi) is 6.42. The quantitative estimate of drug-likeness (QED) is 0.577. The van der Waals surface area contributed by atoms with Crippen LogP contribution in [-0.4, -0.2) is 39.8 Å². The lowest BCUT2D eigenvalue weighted by atomic mass is 10.3. The molecule has 2 N–H and O–H groups in total. The van der Waals surface area contributed by atoms with E-state index in [0.29, 0.717) is 15.6 Å². The van der Waals surface area contributed by atoms with Gasteiger partial charge in [-0.2, -0.15) is 5.10 Å². The van der Waals surface area contributed by atoms with E-state index in [2.05, 4.69) is 15.7 Å². The monoisotopic (exact) mass is 448 g/mol. The summed E-state index contributed by atoms with van der Waals surface area (Å²) in [6, 6.07) is 8.17. The number of amides is 3. The first-order valence-corrected chi connectivity index (χ1v) is 10.4. The number of carbonyl (C=O) groups is 3. The van der Waals surface area contributed by atoms with Gasteiger partial charge >= 0.3 is 12.0 Å². The minimum atomic E-state index is -1.14. The zero-order valence-corrected chi connectivity index (χ0v) is 18.4. The van der Waals surface area contributed by atoms with Gasteiger partial charge in [-0.3, -0.25) is 10.1 Å². The maximum atomic E-state index is 12.6. The van der Waals surface area contributed by atoms with Crippen LogP contribution in [-0.2, 0) is 9.53 Å². The fourth-order valence-corrected chi connectivity index (χ4v) is 3.99. The highest BCUT2D eigenvalue weighted by atomic mass is 35.5. The van der Waals surface area contributed by atoms with Crippen molar-refractivity contribution in [2.45, 2.75) is 39.8 Å². The van der Waals surface area contributed by atoms with Gasteiger partial charge in [-0.1, -0.05) is 23.7 Å². The van der Waals surface area contributed by atoms with Crippen LogP contribution in [0.3, 0.4) is 0 Å². The predicted octanol–water partition coefficient (Wildman–Crippen LogP) is 3.83. The maximum absolute atomic E-state index is 12.6. The molecule has 0 aliphatic carbocycles. The van der Waals surface area contributed by atoms with E-state index in [9.17, 15) is 14.4 Å². The Morgan fingerprint density at radius 2 is 1.90 bits per heavy atom. The summed E-state index contributed by atoms with van der Waals surface area (Å²) in [5, 5.41) is 10.5. The molecule has 0 radical (unpaired) electrons. The molecule has 30 heavy (non-hydrogen) atoms. The summed E-state index contributed by atoms with van der Waals surface area (Å²) in [5.41, 5.74) is 1.43. The number of aryl methyl sites for hydroxylation is 1. The van der Waals surface area contributed by atoms with Gasteiger partial charge in [0.1, 0.15) is 9.71 Å². The van der Waals surface area contributed by atoms with Crippen LogP contribution in [0.5, 0.6) is 0 Å². The number of imide groups is 1. The highest BCUT2D eigenvalue weighted by Crippen LogP contribution is 2.32. The lowest BCUT2D eigenvalue weighted by molar-refractivity contribution is -0.127. The van der Waals surface area contributed by atoms with E-state index in [0.717, 1.165) is 15.9 Å². The molecule has 10 heteroatoms. The standard InChI is InChI=1S/C20H21ClN4O4S/c1-10(2)22-20(28)23-17(26)12(4)29-19(27)16-9-13-11(3)24-25(18(13)30-16)15-8-6-5-7-14(15)21/h5-10,12H,1-4H3,(H2,22,23,26,28). The summed E-state index contributed by atoms with van der Waals surface area (Å²) in [4.78, 5) is 37.3. The Hall–Kier alpha value is -2.91. The topological polar surface area (TPSA) is 102 Å². The van der Waals surface area contributed by atoms with Crippen LogP contribution >= 0.6 is 22.9 Å². The largest absolute Gasteiger partial charge is 0.448 e. The SMILES string of the molecule is Cc1nn(-c2ccccc2Cl)c2sc(C(=O)OC(C)C(=O)NC(=O)NC(C)C)cc12. The summed E-state index contributed by atoms with van der Waals surface area (Å²) in [5.74, 6) is -1.37. The van der Waals surface area contributed by atoms with Crippen molar-refractivity contribution in [1.82, 2.24) is 20.4 Å². The predicted molar refractivity (Wildman–Crippen MR) is 115 cm³/mol. The molecule has 0 spiro atoms. The van der Waals surface area contributed by atoms with Crippen LogP contribution in [0.15, 0.2) is 30.3 Å². The summed E-state index contributed by atoms with van der Waals surface area (Å²) < 4.78 is 6.92. The molecular weight excluding hydrogens is 428 g/mol. The van der Waals surface area contributed by atoms with Crippen molar-refractivity contribution in [2.75, 3.05) is 0 Å². The van der Waals surface area contributed by atoms with E-state index >= 15 is 0 Å². The minimum absolute atomic E-state index is 0.130. The second-order valence-corrected chi connectivity index (χ2v) is 8.38. The van der Waals surface area contributed by atoms with Crippen LogP contribution in [0.4, 0.5) is 4.79 Å². The molecule has 0 bridgehead atoms. The van der Waals surface area contributed by atoms with Gasteiger partial charge in [0, 0.05) is 11.4 Å². The van der Waals surface area contributed by atoms with Gasteiger partial charge in [-0.25, -0.2) is 14.3 Å². The minimum Gasteiger partial charge on any atom is -0.448 e. The van der Waals surface area contributed by atoms with Crippen molar-refractivity contribution in [3.05, 3.63) is 45.9 Å². The first kappa shape index (κ1) is 21.8. The molecule has 0 saturated carbocycles. The van der Waals surface area contributed by atoms with Crippen LogP contribution in [0.2, 0.25) is 5.02 Å². The van der Waals surface area contributed by atoms with Crippen molar-refractivity contribution in [3.63, 3.8) is 0 Å². The molecule has 0 aliphatic rings. The molecule has 3 rings (SSSR count). The third-order valence-corrected chi connectivity index (χ3v) is 5.55. The summed E-state index contributed by atoms with van der Waals surface area (Å²) in [6.07, 6.45) is -1.14. The molecule has 0 aliphatic heterocycles. The number of nitrogens with zero attached hydrogens (tertiary/aromatic N) is 2. The molecule has 2 aromatic heterocycles. The number of nitrogens with one attached hydrogen (secondary N) is 2. The molecule has 1 atom stereocenters. The second kappa shape index (κ2) is 8.85. The summed E-state index contributed by atoms with van der Waals surface area (Å²) in [6.45, 7) is 6.77. The number of para-hydroxylation sites is 1. The average Bonchev–Trinajstić information content (AvgIpc) is 3.22. The number of benzene rings is 1. The number of urea groups is 1. The summed E-state index contributed by atoms with van der Waals surface area (Å²) in [7, 11) is 0. The molecule has 0 saturated heterocycles. The number of carbonyl (C=O) groups excluding carboxylic acids is 3. The Bertz CT molecular complexity index is 1120. The van der Waals surface area contributed by atoms with E-state index in [-0.39, 0.29) is 6.04 Å². The highest BCUT2D eigenvalue weighted by Gasteiger charge is 2.24. The van der Waals surface area contributed by atoms with E-state index in [4.69, 9.17) is 16.3 Å². The van der Waals surface area contributed by atoms with E-state index in [1.807, 2.05) is 25.1 Å². The van der Waals surface area contributed by atoms with Crippen LogP contribution in [0.1, 0.15) is 36.1 Å². The van der Waals surface area contributed by atoms with Crippen molar-refractivity contribution < 1.29 is 19.1 Å². The fourth-order valence-electron chi connectivity index (χ4n) is 2.72. The van der Waals surface area contributed by atoms with Crippen molar-refractivity contribution >= 4 is 51.1 Å². The number of rotatable bonds is 5. The smallest absolute Gasteiger partial charge is 0.349 e. The second-order valence-electron chi connectivity index (χ2n) is 6.94. The number of esters is 1. The lowest BCUT2D eigenvalue weighted by Gasteiger charge is -2.13. The number of halogens is 1. The van der Waals surface area contributed by atoms with Gasteiger partial charge in [0.25, 0.3) is 5.91 Å². The third-order valence-electron chi connectivity index (χ3n) is 4.14. The normalized spacial score (nSPS) is 12.1. The first-order chi connectivity index (χ1) is 14.2. The average molecular weight is 449 g/mol. The van der Waals surface area contributed by atoms with Gasteiger partial charge in [0.05, 0.1) is 16.4 Å². The molecular formula is C20H21ClN4O4S. The third kappa shape index (κ3) is 4.63. The Labute approximate surface area is 182 Å². The van der Waals surface area contributed by atoms with Crippen molar-refractivity contribution in [2.24, 2.45) is 0 Å². The van der Waals surface area contributed by atoms with E-state index in [1.54, 1.807) is 30.7 Å². The van der Waals surface area contributed by atoms with E-state index < -0.39 is 24.0 Å². The molecule has 0 fully saturated rings.